The molecule has 0 aliphatic carbocycles. The van der Waals surface area contributed by atoms with Crippen molar-refractivity contribution >= 4 is 48.6 Å². The van der Waals surface area contributed by atoms with E-state index in [1.165, 1.54) is 6.07 Å². The SMILES string of the molecule is CCC(C)n1c2cc(Br)c(F)cc2c(=O)c2c(=O)[nH]sc21. The number of hydrogen-bond acceptors (Lipinski definition) is 3. The molecule has 21 heavy (non-hydrogen) atoms. The highest BCUT2D eigenvalue weighted by Crippen LogP contribution is 2.29. The zero-order valence-corrected chi connectivity index (χ0v) is 13.8. The summed E-state index contributed by atoms with van der Waals surface area (Å²) in [5.41, 5.74) is -0.207. The van der Waals surface area contributed by atoms with Crippen LogP contribution in [0.3, 0.4) is 0 Å². The summed E-state index contributed by atoms with van der Waals surface area (Å²) in [6, 6.07) is 2.87. The molecule has 1 N–H and O–H groups in total. The predicted molar refractivity (Wildman–Crippen MR) is 86.9 cm³/mol. The Labute approximate surface area is 131 Å². The van der Waals surface area contributed by atoms with Gasteiger partial charge < -0.3 is 4.57 Å². The predicted octanol–water partition coefficient (Wildman–Crippen LogP) is 3.78. The highest BCUT2D eigenvalue weighted by atomic mass is 79.9. The molecule has 0 aliphatic heterocycles. The minimum absolute atomic E-state index is 0.0828. The van der Waals surface area contributed by atoms with E-state index in [1.54, 1.807) is 6.07 Å². The summed E-state index contributed by atoms with van der Waals surface area (Å²) in [5, 5.41) is 0.335. The van der Waals surface area contributed by atoms with Gasteiger partial charge in [0.05, 0.1) is 9.99 Å². The van der Waals surface area contributed by atoms with Crippen molar-refractivity contribution in [1.82, 2.24) is 8.94 Å². The van der Waals surface area contributed by atoms with Crippen LogP contribution in [0.1, 0.15) is 26.3 Å². The summed E-state index contributed by atoms with van der Waals surface area (Å²) in [4.78, 5) is 25.0. The molecule has 4 nitrogen and oxygen atoms in total. The number of benzene rings is 1. The summed E-state index contributed by atoms with van der Waals surface area (Å²) in [6.07, 6.45) is 0.828. The van der Waals surface area contributed by atoms with E-state index in [2.05, 4.69) is 20.3 Å². The van der Waals surface area contributed by atoms with Gasteiger partial charge in [0, 0.05) is 11.4 Å². The molecule has 2 heterocycles. The largest absolute Gasteiger partial charge is 0.328 e. The van der Waals surface area contributed by atoms with E-state index in [9.17, 15) is 14.0 Å². The van der Waals surface area contributed by atoms with Gasteiger partial charge in [-0.05, 0) is 52.9 Å². The Hall–Kier alpha value is -1.47. The van der Waals surface area contributed by atoms with Crippen LogP contribution in [0.15, 0.2) is 26.2 Å². The van der Waals surface area contributed by atoms with Crippen LogP contribution in [0, 0.1) is 5.82 Å². The molecule has 7 heteroatoms. The van der Waals surface area contributed by atoms with Gasteiger partial charge >= 0.3 is 0 Å². The third-order valence-electron chi connectivity index (χ3n) is 3.70. The smallest absolute Gasteiger partial charge is 0.271 e. The van der Waals surface area contributed by atoms with Crippen LogP contribution in [-0.2, 0) is 0 Å². The summed E-state index contributed by atoms with van der Waals surface area (Å²) in [5.74, 6) is -0.513. The van der Waals surface area contributed by atoms with Crippen LogP contribution in [0.4, 0.5) is 4.39 Å². The second kappa shape index (κ2) is 5.06. The van der Waals surface area contributed by atoms with Crippen molar-refractivity contribution in [2.45, 2.75) is 26.3 Å². The molecule has 0 amide bonds. The Bertz CT molecular complexity index is 973. The molecule has 3 aromatic rings. The second-order valence-electron chi connectivity index (χ2n) is 4.95. The third kappa shape index (κ3) is 2.06. The monoisotopic (exact) mass is 370 g/mol. The molecule has 0 saturated carbocycles. The van der Waals surface area contributed by atoms with Crippen LogP contribution in [-0.4, -0.2) is 8.94 Å². The molecule has 0 spiro atoms. The minimum Gasteiger partial charge on any atom is -0.328 e. The second-order valence-corrected chi connectivity index (χ2v) is 6.60. The first-order valence-corrected chi connectivity index (χ1v) is 8.11. The molecular formula is C14H12BrFN2O2S. The quantitative estimate of drug-likeness (QED) is 0.746. The summed E-state index contributed by atoms with van der Waals surface area (Å²) >= 11 is 4.30. The molecular weight excluding hydrogens is 359 g/mol. The Morgan fingerprint density at radius 1 is 1.43 bits per heavy atom. The molecule has 1 atom stereocenters. The first-order valence-electron chi connectivity index (χ1n) is 6.50. The van der Waals surface area contributed by atoms with E-state index in [1.807, 2.05) is 18.4 Å². The van der Waals surface area contributed by atoms with Gasteiger partial charge in [0.2, 0.25) is 5.43 Å². The number of rotatable bonds is 2. The molecule has 0 aliphatic rings. The Morgan fingerprint density at radius 2 is 2.14 bits per heavy atom. The minimum atomic E-state index is -0.513. The fourth-order valence-electron chi connectivity index (χ4n) is 2.45. The highest BCUT2D eigenvalue weighted by molar-refractivity contribution is 9.10. The average Bonchev–Trinajstić information content (AvgIpc) is 2.83. The maximum Gasteiger partial charge on any atom is 0.271 e. The van der Waals surface area contributed by atoms with E-state index < -0.39 is 16.8 Å². The summed E-state index contributed by atoms with van der Waals surface area (Å²) in [7, 11) is 0. The zero-order valence-electron chi connectivity index (χ0n) is 11.4. The normalized spacial score (nSPS) is 13.1. The van der Waals surface area contributed by atoms with E-state index in [-0.39, 0.29) is 16.8 Å². The number of H-pyrrole nitrogens is 1. The van der Waals surface area contributed by atoms with Crippen LogP contribution in [0.2, 0.25) is 0 Å². The maximum atomic E-state index is 13.8. The van der Waals surface area contributed by atoms with Gasteiger partial charge in [0.15, 0.2) is 0 Å². The molecule has 1 unspecified atom stereocenters. The van der Waals surface area contributed by atoms with Gasteiger partial charge in [-0.1, -0.05) is 6.92 Å². The van der Waals surface area contributed by atoms with E-state index in [0.29, 0.717) is 14.8 Å². The van der Waals surface area contributed by atoms with Crippen LogP contribution >= 0.6 is 27.5 Å². The standard InChI is InChI=1S/C14H12BrFN2O2S/c1-3-6(2)18-10-5-8(15)9(16)4-7(10)12(19)11-13(20)17-21-14(11)18/h4-6H,3H2,1-2H3,(H,17,20). The van der Waals surface area contributed by atoms with Gasteiger partial charge in [0.25, 0.3) is 5.56 Å². The highest BCUT2D eigenvalue weighted by Gasteiger charge is 2.19. The van der Waals surface area contributed by atoms with Gasteiger partial charge in [-0.25, -0.2) is 4.39 Å². The van der Waals surface area contributed by atoms with Crippen molar-refractivity contribution < 1.29 is 4.39 Å². The van der Waals surface area contributed by atoms with E-state index in [4.69, 9.17) is 0 Å². The van der Waals surface area contributed by atoms with Crippen LogP contribution in [0.5, 0.6) is 0 Å². The van der Waals surface area contributed by atoms with Crippen molar-refractivity contribution in [2.24, 2.45) is 0 Å². The number of fused-ring (bicyclic) bond motifs is 2. The Kier molecular flexibility index (Phi) is 3.49. The molecule has 2 aromatic heterocycles. The lowest BCUT2D eigenvalue weighted by Gasteiger charge is -2.18. The third-order valence-corrected chi connectivity index (χ3v) is 5.19. The van der Waals surface area contributed by atoms with E-state index >= 15 is 0 Å². The molecule has 3 rings (SSSR count). The molecule has 0 fully saturated rings. The number of aromatic amines is 1. The first kappa shape index (κ1) is 14.5. The Morgan fingerprint density at radius 3 is 2.81 bits per heavy atom. The van der Waals surface area contributed by atoms with Crippen molar-refractivity contribution in [3.05, 3.63) is 43.0 Å². The lowest BCUT2D eigenvalue weighted by Crippen LogP contribution is -2.17. The van der Waals surface area contributed by atoms with E-state index in [0.717, 1.165) is 18.0 Å². The van der Waals surface area contributed by atoms with Crippen molar-refractivity contribution in [3.63, 3.8) is 0 Å². The number of aromatic nitrogens is 2. The Balaban J connectivity index is 2.66. The van der Waals surface area contributed by atoms with Crippen molar-refractivity contribution in [2.75, 3.05) is 0 Å². The average molecular weight is 371 g/mol. The molecule has 0 bridgehead atoms. The number of nitrogens with one attached hydrogen (secondary N) is 1. The number of nitrogens with zero attached hydrogens (tertiary/aromatic N) is 1. The van der Waals surface area contributed by atoms with Gasteiger partial charge in [-0.15, -0.1) is 0 Å². The van der Waals surface area contributed by atoms with Crippen LogP contribution < -0.4 is 11.0 Å². The van der Waals surface area contributed by atoms with Crippen molar-refractivity contribution in [1.29, 1.82) is 0 Å². The van der Waals surface area contributed by atoms with Crippen LogP contribution in [0.25, 0.3) is 21.1 Å². The molecule has 1 aromatic carbocycles. The first-order chi connectivity index (χ1) is 9.95. The van der Waals surface area contributed by atoms with Crippen molar-refractivity contribution in [3.8, 4) is 0 Å². The number of pyridine rings is 1. The summed E-state index contributed by atoms with van der Waals surface area (Å²) in [6.45, 7) is 4.03. The molecule has 0 saturated heterocycles. The fraction of sp³-hybridized carbons (Fsp3) is 0.286. The summed E-state index contributed by atoms with van der Waals surface area (Å²) < 4.78 is 18.6. The molecule has 110 valence electrons. The van der Waals surface area contributed by atoms with Gasteiger partial charge in [-0.2, -0.15) is 0 Å². The maximum absolute atomic E-state index is 13.8. The van der Waals surface area contributed by atoms with Gasteiger partial charge in [-0.3, -0.25) is 14.0 Å². The molecule has 0 radical (unpaired) electrons. The number of hydrogen-bond donors (Lipinski definition) is 1. The number of halogens is 2. The fourth-order valence-corrected chi connectivity index (χ4v) is 3.73. The van der Waals surface area contributed by atoms with Gasteiger partial charge in [0.1, 0.15) is 16.0 Å². The lowest BCUT2D eigenvalue weighted by molar-refractivity contribution is 0.562. The lowest BCUT2D eigenvalue weighted by atomic mass is 10.1. The zero-order chi connectivity index (χ0) is 15.3. The topological polar surface area (TPSA) is 54.9 Å².